The van der Waals surface area contributed by atoms with Crippen LogP contribution in [0.1, 0.15) is 87.4 Å². The number of esters is 1. The van der Waals surface area contributed by atoms with Crippen LogP contribution in [-0.2, 0) is 15.6 Å². The summed E-state index contributed by atoms with van der Waals surface area (Å²) in [6.07, 6.45) is 2.60. The molecule has 2 heterocycles. The fourth-order valence-corrected chi connectivity index (χ4v) is 4.14. The molecule has 0 amide bonds. The molecule has 3 aromatic rings. The summed E-state index contributed by atoms with van der Waals surface area (Å²) in [5.74, 6) is 0.243. The largest absolute Gasteiger partial charge is 0.493 e. The highest BCUT2D eigenvalue weighted by molar-refractivity contribution is 6.10. The lowest BCUT2D eigenvalue weighted by molar-refractivity contribution is 0.0529. The number of nitrogens with zero attached hydrogens (tertiary/aromatic N) is 1. The Morgan fingerprint density at radius 2 is 1.70 bits per heavy atom. The molecule has 0 spiro atoms. The Balaban J connectivity index is 2.57. The summed E-state index contributed by atoms with van der Waals surface area (Å²) in [5, 5.41) is 0. The van der Waals surface area contributed by atoms with Crippen LogP contribution in [0, 0.1) is 0 Å². The Bertz CT molecular complexity index is 1190. The maximum absolute atomic E-state index is 13.2. The summed E-state index contributed by atoms with van der Waals surface area (Å²) in [6.45, 7) is 17.3. The first kappa shape index (κ1) is 24.6. The molecule has 0 aliphatic heterocycles. The predicted molar refractivity (Wildman–Crippen MR) is 133 cm³/mol. The monoisotopic (exact) mass is 449 g/mol. The minimum absolute atomic E-state index is 0.149. The zero-order valence-electron chi connectivity index (χ0n) is 21.0. The van der Waals surface area contributed by atoms with E-state index in [1.165, 1.54) is 0 Å². The zero-order valence-corrected chi connectivity index (χ0v) is 21.0. The van der Waals surface area contributed by atoms with E-state index in [1.807, 2.05) is 25.1 Å². The lowest BCUT2D eigenvalue weighted by Crippen LogP contribution is -2.19. The van der Waals surface area contributed by atoms with Gasteiger partial charge in [-0.05, 0) is 48.4 Å². The van der Waals surface area contributed by atoms with Crippen molar-refractivity contribution < 1.29 is 19.1 Å². The summed E-state index contributed by atoms with van der Waals surface area (Å²) in [7, 11) is 0. The fraction of sp³-hybridized carbons (Fsp3) is 0.429. The number of carbonyl (C=O) groups excluding carboxylic acids is 2. The normalized spacial score (nSPS) is 12.1. The van der Waals surface area contributed by atoms with Crippen molar-refractivity contribution in [2.45, 2.75) is 66.2 Å². The van der Waals surface area contributed by atoms with Crippen LogP contribution in [0.3, 0.4) is 0 Å². The third kappa shape index (κ3) is 4.54. The number of benzene rings is 1. The molecule has 0 fully saturated rings. The molecule has 2 aromatic heterocycles. The van der Waals surface area contributed by atoms with Crippen LogP contribution in [0.25, 0.3) is 16.6 Å². The van der Waals surface area contributed by atoms with Crippen LogP contribution < -0.4 is 4.74 Å². The molecule has 33 heavy (non-hydrogen) atoms. The molecule has 0 bridgehead atoms. The van der Waals surface area contributed by atoms with E-state index >= 15 is 0 Å². The minimum Gasteiger partial charge on any atom is -0.493 e. The van der Waals surface area contributed by atoms with Gasteiger partial charge in [-0.15, -0.1) is 0 Å². The van der Waals surface area contributed by atoms with E-state index in [1.54, 1.807) is 17.5 Å². The van der Waals surface area contributed by atoms with Gasteiger partial charge in [-0.3, -0.25) is 4.79 Å². The fourth-order valence-electron chi connectivity index (χ4n) is 4.14. The molecule has 0 saturated carbocycles. The molecule has 0 aliphatic carbocycles. The molecule has 0 unspecified atom stereocenters. The minimum atomic E-state index is -0.454. The van der Waals surface area contributed by atoms with Crippen molar-refractivity contribution in [2.24, 2.45) is 0 Å². The van der Waals surface area contributed by atoms with Crippen molar-refractivity contribution in [3.05, 3.63) is 58.9 Å². The summed E-state index contributed by atoms with van der Waals surface area (Å²) >= 11 is 0. The number of carbonyl (C=O) groups is 2. The predicted octanol–water partition coefficient (Wildman–Crippen LogP) is 6.59. The van der Waals surface area contributed by atoms with Crippen LogP contribution in [-0.4, -0.2) is 29.9 Å². The summed E-state index contributed by atoms with van der Waals surface area (Å²) < 4.78 is 13.4. The number of aldehydes is 1. The molecule has 0 radical (unpaired) electrons. The highest BCUT2D eigenvalue weighted by Gasteiger charge is 2.32. The van der Waals surface area contributed by atoms with E-state index in [0.29, 0.717) is 34.7 Å². The average molecular weight is 450 g/mol. The molecule has 3 rings (SSSR count). The van der Waals surface area contributed by atoms with Crippen molar-refractivity contribution >= 4 is 17.8 Å². The molecule has 0 saturated heterocycles. The van der Waals surface area contributed by atoms with Gasteiger partial charge in [0.2, 0.25) is 0 Å². The SMILES string of the molecule is CCOC(=O)c1c(-c2cc(C(C)(C)C)cc(C(C)(C)C)c2OCC)c(C=O)n2ccccc12. The van der Waals surface area contributed by atoms with Gasteiger partial charge in [-0.1, -0.05) is 53.7 Å². The van der Waals surface area contributed by atoms with Gasteiger partial charge in [0.15, 0.2) is 6.29 Å². The van der Waals surface area contributed by atoms with Crippen LogP contribution in [0.15, 0.2) is 36.5 Å². The molecular formula is C28H35NO4. The first-order chi connectivity index (χ1) is 15.5. The quantitative estimate of drug-likeness (QED) is 0.315. The van der Waals surface area contributed by atoms with Crippen LogP contribution in [0.4, 0.5) is 0 Å². The topological polar surface area (TPSA) is 57.0 Å². The van der Waals surface area contributed by atoms with Crippen LogP contribution in [0.5, 0.6) is 5.75 Å². The first-order valence-electron chi connectivity index (χ1n) is 11.5. The number of hydrogen-bond donors (Lipinski definition) is 0. The standard InChI is InChI=1S/C28H35NO4/c1-9-32-25-19(15-18(27(3,4)5)16-20(25)28(6,7)8)23-22(17-30)29-14-12-11-13-21(29)24(23)26(31)33-10-2/h11-17H,9-10H2,1-8H3. The van der Waals surface area contributed by atoms with Gasteiger partial charge in [0.1, 0.15) is 5.75 Å². The second-order valence-electron chi connectivity index (χ2n) is 10.3. The molecule has 0 aliphatic rings. The van der Waals surface area contributed by atoms with Gasteiger partial charge in [0, 0.05) is 22.9 Å². The van der Waals surface area contributed by atoms with E-state index in [0.717, 1.165) is 23.0 Å². The maximum atomic E-state index is 13.2. The number of hydrogen-bond acceptors (Lipinski definition) is 4. The van der Waals surface area contributed by atoms with Crippen molar-refractivity contribution in [1.29, 1.82) is 0 Å². The van der Waals surface area contributed by atoms with Crippen LogP contribution >= 0.6 is 0 Å². The summed E-state index contributed by atoms with van der Waals surface area (Å²) in [5.41, 5.74) is 4.48. The van der Waals surface area contributed by atoms with Crippen molar-refractivity contribution in [1.82, 2.24) is 4.40 Å². The lowest BCUT2D eigenvalue weighted by Gasteiger charge is -2.29. The summed E-state index contributed by atoms with van der Waals surface area (Å²) in [6, 6.07) is 9.78. The van der Waals surface area contributed by atoms with Gasteiger partial charge >= 0.3 is 5.97 Å². The van der Waals surface area contributed by atoms with Gasteiger partial charge in [0.25, 0.3) is 0 Å². The Morgan fingerprint density at radius 3 is 2.24 bits per heavy atom. The number of fused-ring (bicyclic) bond motifs is 1. The number of ether oxygens (including phenoxy) is 2. The number of pyridine rings is 1. The lowest BCUT2D eigenvalue weighted by atomic mass is 9.77. The van der Waals surface area contributed by atoms with Crippen LogP contribution in [0.2, 0.25) is 0 Å². The third-order valence-corrected chi connectivity index (χ3v) is 5.79. The zero-order chi connectivity index (χ0) is 24.6. The highest BCUT2D eigenvalue weighted by Crippen LogP contribution is 2.46. The molecular weight excluding hydrogens is 414 g/mol. The van der Waals surface area contributed by atoms with Crippen molar-refractivity contribution in [2.75, 3.05) is 13.2 Å². The molecule has 5 heteroatoms. The smallest absolute Gasteiger partial charge is 0.340 e. The van der Waals surface area contributed by atoms with E-state index < -0.39 is 5.97 Å². The Kier molecular flexibility index (Phi) is 6.73. The Labute approximate surface area is 196 Å². The second-order valence-corrected chi connectivity index (χ2v) is 10.3. The molecule has 176 valence electrons. The van der Waals surface area contributed by atoms with Gasteiger partial charge < -0.3 is 13.9 Å². The Hall–Kier alpha value is -3.08. The summed E-state index contributed by atoms with van der Waals surface area (Å²) in [4.78, 5) is 25.7. The number of aromatic nitrogens is 1. The van der Waals surface area contributed by atoms with Gasteiger partial charge in [-0.25, -0.2) is 4.79 Å². The molecule has 0 atom stereocenters. The van der Waals surface area contributed by atoms with E-state index in [-0.39, 0.29) is 17.4 Å². The highest BCUT2D eigenvalue weighted by atomic mass is 16.5. The van der Waals surface area contributed by atoms with E-state index in [4.69, 9.17) is 9.47 Å². The average Bonchev–Trinajstić information content (AvgIpc) is 3.06. The van der Waals surface area contributed by atoms with E-state index in [9.17, 15) is 9.59 Å². The molecule has 5 nitrogen and oxygen atoms in total. The Morgan fingerprint density at radius 1 is 1.00 bits per heavy atom. The molecule has 1 aromatic carbocycles. The van der Waals surface area contributed by atoms with E-state index in [2.05, 4.69) is 53.7 Å². The molecule has 0 N–H and O–H groups in total. The first-order valence-corrected chi connectivity index (χ1v) is 11.5. The van der Waals surface area contributed by atoms with Gasteiger partial charge in [0.05, 0.1) is 30.0 Å². The van der Waals surface area contributed by atoms with Gasteiger partial charge in [-0.2, -0.15) is 0 Å². The second kappa shape index (κ2) is 9.05. The maximum Gasteiger partial charge on any atom is 0.340 e. The van der Waals surface area contributed by atoms with Crippen molar-refractivity contribution in [3.63, 3.8) is 0 Å². The number of rotatable bonds is 6. The third-order valence-electron chi connectivity index (χ3n) is 5.79. The van der Waals surface area contributed by atoms with Crippen molar-refractivity contribution in [3.8, 4) is 16.9 Å².